The molecule has 1 saturated heterocycles. The first-order valence-corrected chi connectivity index (χ1v) is 5.76. The van der Waals surface area contributed by atoms with E-state index >= 15 is 0 Å². The minimum Gasteiger partial charge on any atom is -0.463 e. The summed E-state index contributed by atoms with van der Waals surface area (Å²) in [6.45, 7) is 2.38. The lowest BCUT2D eigenvalue weighted by Crippen LogP contribution is -2.35. The Morgan fingerprint density at radius 2 is 2.24 bits per heavy atom. The third-order valence-electron chi connectivity index (χ3n) is 2.98. The summed E-state index contributed by atoms with van der Waals surface area (Å²) in [5, 5.41) is 9.39. The molecule has 5 heteroatoms. The van der Waals surface area contributed by atoms with Crippen LogP contribution in [0, 0.1) is 0 Å². The zero-order valence-corrected chi connectivity index (χ0v) is 9.89. The van der Waals surface area contributed by atoms with Gasteiger partial charge in [-0.2, -0.15) is 0 Å². The number of aliphatic hydroxyl groups excluding tert-OH is 1. The molecular formula is C12H17NO4. The van der Waals surface area contributed by atoms with E-state index in [0.29, 0.717) is 6.54 Å². The van der Waals surface area contributed by atoms with E-state index in [4.69, 9.17) is 4.42 Å². The third-order valence-corrected chi connectivity index (χ3v) is 2.98. The van der Waals surface area contributed by atoms with E-state index in [9.17, 15) is 9.90 Å². The molecule has 94 valence electrons. The smallest absolute Gasteiger partial charge is 0.373 e. The van der Waals surface area contributed by atoms with Crippen LogP contribution in [-0.4, -0.2) is 42.3 Å². The summed E-state index contributed by atoms with van der Waals surface area (Å²) in [5.41, 5.74) is 0. The number of nitrogens with zero attached hydrogens (tertiary/aromatic N) is 1. The first kappa shape index (κ1) is 12.1. The monoisotopic (exact) mass is 239 g/mol. The normalized spacial score (nSPS) is 18.2. The zero-order chi connectivity index (χ0) is 12.3. The molecule has 0 radical (unpaired) electrons. The number of rotatable bonds is 3. The standard InChI is InChI=1S/C12H17NO4/c1-16-12(15)11-3-2-10(17-11)8-13-6-4-9(14)5-7-13/h2-3,9,14H,4-8H2,1H3. The maximum Gasteiger partial charge on any atom is 0.373 e. The molecule has 0 aliphatic carbocycles. The van der Waals surface area contributed by atoms with Crippen LogP contribution in [0.1, 0.15) is 29.2 Å². The van der Waals surface area contributed by atoms with Gasteiger partial charge in [0.15, 0.2) is 0 Å². The number of carbonyl (C=O) groups excluding carboxylic acids is 1. The Morgan fingerprint density at radius 3 is 2.88 bits per heavy atom. The molecule has 0 bridgehead atoms. The van der Waals surface area contributed by atoms with Crippen molar-refractivity contribution < 1.29 is 19.1 Å². The topological polar surface area (TPSA) is 62.9 Å². The van der Waals surface area contributed by atoms with Crippen molar-refractivity contribution in [3.05, 3.63) is 23.7 Å². The Bertz CT molecular complexity index is 380. The lowest BCUT2D eigenvalue weighted by atomic mass is 10.1. The number of furan rings is 1. The van der Waals surface area contributed by atoms with Crippen LogP contribution in [0.5, 0.6) is 0 Å². The van der Waals surface area contributed by atoms with Crippen molar-refractivity contribution in [3.8, 4) is 0 Å². The van der Waals surface area contributed by atoms with Gasteiger partial charge in [-0.15, -0.1) is 0 Å². The Kier molecular flexibility index (Phi) is 3.81. The lowest BCUT2D eigenvalue weighted by molar-refractivity contribution is 0.0556. The van der Waals surface area contributed by atoms with Crippen LogP contribution in [0.4, 0.5) is 0 Å². The Morgan fingerprint density at radius 1 is 1.53 bits per heavy atom. The first-order valence-electron chi connectivity index (χ1n) is 5.76. The second kappa shape index (κ2) is 5.33. The Hall–Kier alpha value is -1.33. The number of hydrogen-bond donors (Lipinski definition) is 1. The van der Waals surface area contributed by atoms with Gasteiger partial charge in [-0.1, -0.05) is 0 Å². The maximum atomic E-state index is 11.2. The Labute approximate surface area is 100.0 Å². The molecular weight excluding hydrogens is 222 g/mol. The number of esters is 1. The summed E-state index contributed by atoms with van der Waals surface area (Å²) < 4.78 is 9.96. The van der Waals surface area contributed by atoms with Crippen molar-refractivity contribution in [1.82, 2.24) is 4.90 Å². The van der Waals surface area contributed by atoms with Gasteiger partial charge in [0.05, 0.1) is 19.8 Å². The van der Waals surface area contributed by atoms with Gasteiger partial charge in [0.2, 0.25) is 5.76 Å². The SMILES string of the molecule is COC(=O)c1ccc(CN2CCC(O)CC2)o1. The second-order valence-electron chi connectivity index (χ2n) is 4.26. The van der Waals surface area contributed by atoms with Crippen molar-refractivity contribution in [2.75, 3.05) is 20.2 Å². The second-order valence-corrected chi connectivity index (χ2v) is 4.26. The molecule has 1 aliphatic rings. The molecule has 0 atom stereocenters. The molecule has 2 rings (SSSR count). The lowest BCUT2D eigenvalue weighted by Gasteiger charge is -2.28. The van der Waals surface area contributed by atoms with E-state index in [1.807, 2.05) is 0 Å². The molecule has 0 aromatic carbocycles. The molecule has 0 unspecified atom stereocenters. The van der Waals surface area contributed by atoms with Gasteiger partial charge in [-0.25, -0.2) is 4.79 Å². The number of ether oxygens (including phenoxy) is 1. The molecule has 1 aliphatic heterocycles. The van der Waals surface area contributed by atoms with Crippen molar-refractivity contribution in [2.24, 2.45) is 0 Å². The highest BCUT2D eigenvalue weighted by Gasteiger charge is 2.19. The molecule has 0 amide bonds. The minimum absolute atomic E-state index is 0.173. The van der Waals surface area contributed by atoms with Crippen LogP contribution in [0.3, 0.4) is 0 Å². The van der Waals surface area contributed by atoms with Crippen molar-refractivity contribution in [2.45, 2.75) is 25.5 Å². The molecule has 17 heavy (non-hydrogen) atoms. The Balaban J connectivity index is 1.90. The van der Waals surface area contributed by atoms with Crippen LogP contribution in [0.25, 0.3) is 0 Å². The highest BCUT2D eigenvalue weighted by molar-refractivity contribution is 5.86. The molecule has 1 N–H and O–H groups in total. The van der Waals surface area contributed by atoms with E-state index < -0.39 is 5.97 Å². The van der Waals surface area contributed by atoms with Gasteiger partial charge < -0.3 is 14.3 Å². The molecule has 1 fully saturated rings. The van der Waals surface area contributed by atoms with E-state index in [0.717, 1.165) is 31.7 Å². The van der Waals surface area contributed by atoms with Crippen LogP contribution < -0.4 is 0 Å². The highest BCUT2D eigenvalue weighted by atomic mass is 16.5. The van der Waals surface area contributed by atoms with Gasteiger partial charge in [0.1, 0.15) is 5.76 Å². The number of piperidine rings is 1. The number of methoxy groups -OCH3 is 1. The summed E-state index contributed by atoms with van der Waals surface area (Å²) in [6, 6.07) is 3.41. The average molecular weight is 239 g/mol. The van der Waals surface area contributed by atoms with E-state index in [1.54, 1.807) is 12.1 Å². The summed E-state index contributed by atoms with van der Waals surface area (Å²) in [5.74, 6) is 0.534. The number of carbonyl (C=O) groups is 1. The molecule has 5 nitrogen and oxygen atoms in total. The van der Waals surface area contributed by atoms with Crippen molar-refractivity contribution >= 4 is 5.97 Å². The van der Waals surface area contributed by atoms with E-state index in [-0.39, 0.29) is 11.9 Å². The van der Waals surface area contributed by atoms with Crippen LogP contribution in [-0.2, 0) is 11.3 Å². The summed E-state index contributed by atoms with van der Waals surface area (Å²) in [4.78, 5) is 13.4. The predicted octanol–water partition coefficient (Wildman–Crippen LogP) is 1.02. The van der Waals surface area contributed by atoms with Gasteiger partial charge >= 0.3 is 5.97 Å². The van der Waals surface area contributed by atoms with Gasteiger partial charge in [-0.05, 0) is 25.0 Å². The number of aliphatic hydroxyl groups is 1. The average Bonchev–Trinajstić information content (AvgIpc) is 2.80. The summed E-state index contributed by atoms with van der Waals surface area (Å²) in [7, 11) is 1.33. The fourth-order valence-electron chi connectivity index (χ4n) is 1.97. The van der Waals surface area contributed by atoms with Crippen molar-refractivity contribution in [1.29, 1.82) is 0 Å². The first-order chi connectivity index (χ1) is 8.19. The molecule has 0 spiro atoms. The molecule has 2 heterocycles. The molecule has 1 aromatic rings. The minimum atomic E-state index is -0.453. The largest absolute Gasteiger partial charge is 0.463 e. The van der Waals surface area contributed by atoms with Crippen LogP contribution in [0.15, 0.2) is 16.5 Å². The molecule has 0 saturated carbocycles. The molecule has 1 aromatic heterocycles. The zero-order valence-electron chi connectivity index (χ0n) is 9.89. The van der Waals surface area contributed by atoms with Crippen LogP contribution >= 0.6 is 0 Å². The van der Waals surface area contributed by atoms with Crippen molar-refractivity contribution in [3.63, 3.8) is 0 Å². The number of hydrogen-bond acceptors (Lipinski definition) is 5. The van der Waals surface area contributed by atoms with E-state index in [1.165, 1.54) is 7.11 Å². The van der Waals surface area contributed by atoms with Gasteiger partial charge in [-0.3, -0.25) is 4.90 Å². The summed E-state index contributed by atoms with van der Waals surface area (Å²) >= 11 is 0. The summed E-state index contributed by atoms with van der Waals surface area (Å²) in [6.07, 6.45) is 1.42. The fraction of sp³-hybridized carbons (Fsp3) is 0.583. The maximum absolute atomic E-state index is 11.2. The fourth-order valence-corrected chi connectivity index (χ4v) is 1.97. The predicted molar refractivity (Wildman–Crippen MR) is 60.6 cm³/mol. The van der Waals surface area contributed by atoms with Gasteiger partial charge in [0.25, 0.3) is 0 Å². The third kappa shape index (κ3) is 3.08. The van der Waals surface area contributed by atoms with E-state index in [2.05, 4.69) is 9.64 Å². The van der Waals surface area contributed by atoms with Crippen LogP contribution in [0.2, 0.25) is 0 Å². The highest BCUT2D eigenvalue weighted by Crippen LogP contribution is 2.16. The van der Waals surface area contributed by atoms with Gasteiger partial charge in [0, 0.05) is 13.1 Å². The number of likely N-dealkylation sites (tertiary alicyclic amines) is 1. The quantitative estimate of drug-likeness (QED) is 0.798.